The first-order chi connectivity index (χ1) is 25.7. The Morgan fingerprint density at radius 1 is 0.873 bits per heavy atom. The van der Waals surface area contributed by atoms with Crippen LogP contribution in [0.3, 0.4) is 0 Å². The number of amides is 1. The highest BCUT2D eigenvalue weighted by atomic mass is 19.4. The quantitative estimate of drug-likeness (QED) is 0.0781. The SMILES string of the molecule is CC[C@@H]1C[C@H](Nc2ncc(OCCOC(C)=O)c(Cc3cc(C(F)(F)F)cc(C(F)(F)F)c3)n2)c2cc(C(F)(F)F)ccc2N1C(=O)OCCCC(=O)OC. The molecule has 1 amide bonds. The van der Waals surface area contributed by atoms with Crippen molar-refractivity contribution < 1.29 is 72.8 Å². The van der Waals surface area contributed by atoms with Gasteiger partial charge in [0.2, 0.25) is 5.95 Å². The zero-order valence-electron chi connectivity index (χ0n) is 29.5. The molecule has 0 radical (unpaired) electrons. The third kappa shape index (κ3) is 11.4. The number of rotatable bonds is 13. The molecule has 1 N–H and O–H groups in total. The van der Waals surface area contributed by atoms with Crippen LogP contribution in [-0.4, -0.2) is 61.0 Å². The first-order valence-electron chi connectivity index (χ1n) is 16.6. The summed E-state index contributed by atoms with van der Waals surface area (Å²) >= 11 is 0. The monoisotopic (exact) mass is 794 g/mol. The summed E-state index contributed by atoms with van der Waals surface area (Å²) in [6.45, 7) is 2.07. The molecular formula is C35H35F9N4O7. The van der Waals surface area contributed by atoms with E-state index >= 15 is 0 Å². The molecule has 2 aromatic carbocycles. The molecule has 0 fully saturated rings. The van der Waals surface area contributed by atoms with Crippen LogP contribution in [0.15, 0.2) is 42.6 Å². The summed E-state index contributed by atoms with van der Waals surface area (Å²) < 4.78 is 144. The van der Waals surface area contributed by atoms with Crippen LogP contribution in [0.5, 0.6) is 5.75 Å². The second kappa shape index (κ2) is 17.4. The molecule has 1 aliphatic rings. The molecule has 0 unspecified atom stereocenters. The lowest BCUT2D eigenvalue weighted by Crippen LogP contribution is -2.46. The van der Waals surface area contributed by atoms with Crippen molar-refractivity contribution in [1.29, 1.82) is 0 Å². The van der Waals surface area contributed by atoms with Crippen molar-refractivity contribution in [3.05, 3.63) is 76.1 Å². The van der Waals surface area contributed by atoms with Crippen molar-refractivity contribution >= 4 is 29.7 Å². The van der Waals surface area contributed by atoms with Gasteiger partial charge in [-0.15, -0.1) is 0 Å². The molecule has 0 saturated carbocycles. The molecule has 1 aromatic heterocycles. The minimum atomic E-state index is -5.14. The minimum Gasteiger partial charge on any atom is -0.486 e. The van der Waals surface area contributed by atoms with Gasteiger partial charge >= 0.3 is 36.6 Å². The summed E-state index contributed by atoms with van der Waals surface area (Å²) in [5, 5.41) is 2.91. The number of nitrogens with zero attached hydrogens (tertiary/aromatic N) is 3. The molecule has 55 heavy (non-hydrogen) atoms. The van der Waals surface area contributed by atoms with Crippen molar-refractivity contribution in [2.24, 2.45) is 0 Å². The molecule has 0 saturated heterocycles. The lowest BCUT2D eigenvalue weighted by molar-refractivity contribution is -0.144. The van der Waals surface area contributed by atoms with E-state index in [0.29, 0.717) is 12.1 Å². The topological polar surface area (TPSA) is 129 Å². The second-order valence-electron chi connectivity index (χ2n) is 12.2. The highest BCUT2D eigenvalue weighted by molar-refractivity contribution is 5.90. The lowest BCUT2D eigenvalue weighted by Gasteiger charge is -2.40. The second-order valence-corrected chi connectivity index (χ2v) is 12.2. The van der Waals surface area contributed by atoms with E-state index in [-0.39, 0.29) is 80.2 Å². The van der Waals surface area contributed by atoms with Crippen molar-refractivity contribution in [2.45, 2.75) is 76.6 Å². The molecule has 0 bridgehead atoms. The normalized spacial score (nSPS) is 15.9. The zero-order chi connectivity index (χ0) is 40.7. The first-order valence-corrected chi connectivity index (χ1v) is 16.6. The summed E-state index contributed by atoms with van der Waals surface area (Å²) in [4.78, 5) is 45.6. The third-order valence-electron chi connectivity index (χ3n) is 8.31. The number of esters is 2. The minimum absolute atomic E-state index is 0.0226. The lowest BCUT2D eigenvalue weighted by atomic mass is 9.89. The van der Waals surface area contributed by atoms with Crippen molar-refractivity contribution in [3.63, 3.8) is 0 Å². The van der Waals surface area contributed by atoms with E-state index in [1.807, 2.05) is 0 Å². The Balaban J connectivity index is 1.73. The Morgan fingerprint density at radius 3 is 2.11 bits per heavy atom. The molecule has 300 valence electrons. The van der Waals surface area contributed by atoms with Gasteiger partial charge in [0.05, 0.1) is 54.0 Å². The number of fused-ring (bicyclic) bond motifs is 1. The fourth-order valence-corrected chi connectivity index (χ4v) is 5.74. The number of nitrogens with one attached hydrogen (secondary N) is 1. The molecule has 4 rings (SSSR count). The van der Waals surface area contributed by atoms with Gasteiger partial charge in [-0.3, -0.25) is 14.5 Å². The molecule has 11 nitrogen and oxygen atoms in total. The van der Waals surface area contributed by atoms with Gasteiger partial charge in [0, 0.05) is 25.8 Å². The van der Waals surface area contributed by atoms with Gasteiger partial charge in [-0.1, -0.05) is 6.92 Å². The Kier molecular flexibility index (Phi) is 13.5. The van der Waals surface area contributed by atoms with Crippen molar-refractivity contribution in [2.75, 3.05) is 37.1 Å². The van der Waals surface area contributed by atoms with E-state index in [9.17, 15) is 53.9 Å². The number of carbonyl (C=O) groups is 3. The number of anilines is 2. The Bertz CT molecular complexity index is 1820. The van der Waals surface area contributed by atoms with E-state index < -0.39 is 77.3 Å². The maximum absolute atomic E-state index is 13.9. The molecule has 20 heteroatoms. The highest BCUT2D eigenvalue weighted by Gasteiger charge is 2.40. The van der Waals surface area contributed by atoms with Crippen molar-refractivity contribution in [1.82, 2.24) is 9.97 Å². The van der Waals surface area contributed by atoms with E-state index in [2.05, 4.69) is 20.0 Å². The summed E-state index contributed by atoms with van der Waals surface area (Å²) in [5.41, 5.74) is -4.83. The largest absolute Gasteiger partial charge is 0.486 e. The molecule has 0 aliphatic carbocycles. The maximum Gasteiger partial charge on any atom is 0.416 e. The fourth-order valence-electron chi connectivity index (χ4n) is 5.74. The number of aromatic nitrogens is 2. The van der Waals surface area contributed by atoms with E-state index in [1.165, 1.54) is 12.0 Å². The number of methoxy groups -OCH3 is 1. The number of hydrogen-bond donors (Lipinski definition) is 1. The van der Waals surface area contributed by atoms with Crippen molar-refractivity contribution in [3.8, 4) is 5.75 Å². The number of carbonyl (C=O) groups excluding carboxylic acids is 3. The number of hydrogen-bond acceptors (Lipinski definition) is 10. The first kappa shape index (κ1) is 42.4. The molecule has 1 aliphatic heterocycles. The molecule has 2 atom stereocenters. The van der Waals surface area contributed by atoms with Crippen LogP contribution in [0.1, 0.15) is 79.1 Å². The summed E-state index contributed by atoms with van der Waals surface area (Å²) in [7, 11) is 1.19. The van der Waals surface area contributed by atoms with Crippen LogP contribution in [0.4, 0.5) is 55.9 Å². The Morgan fingerprint density at radius 2 is 1.53 bits per heavy atom. The van der Waals surface area contributed by atoms with Crippen LogP contribution < -0.4 is 15.0 Å². The van der Waals surface area contributed by atoms with Gasteiger partial charge in [0.15, 0.2) is 5.75 Å². The number of halogens is 9. The summed E-state index contributed by atoms with van der Waals surface area (Å²) in [5.74, 6) is -1.67. The standard InChI is InChI=1S/C35H35F9N4O7/c1-4-24-17-26(25-16-21(33(36,37)38)7-8-28(25)48(24)32(51)55-9-5-6-30(50)52-3)46-31-45-18-29(54-11-10-53-19(2)49)27(47-31)14-20-12-22(34(39,40)41)15-23(13-20)35(42,43)44/h7-8,12-13,15-16,18,24,26H,4-6,9-11,14,17H2,1-3H3,(H,45,46,47)/t24-,26+/m1/s1. The smallest absolute Gasteiger partial charge is 0.416 e. The Hall–Kier alpha value is -5.30. The highest BCUT2D eigenvalue weighted by Crippen LogP contribution is 2.43. The molecule has 2 heterocycles. The van der Waals surface area contributed by atoms with Gasteiger partial charge in [0.25, 0.3) is 0 Å². The average molecular weight is 795 g/mol. The van der Waals surface area contributed by atoms with Gasteiger partial charge in [0.1, 0.15) is 13.2 Å². The predicted octanol–water partition coefficient (Wildman–Crippen LogP) is 8.30. The number of alkyl halides is 9. The van der Waals surface area contributed by atoms with Crippen LogP contribution in [0, 0.1) is 0 Å². The van der Waals surface area contributed by atoms with Crippen LogP contribution >= 0.6 is 0 Å². The third-order valence-corrected chi connectivity index (χ3v) is 8.31. The fraction of sp³-hybridized carbons (Fsp3) is 0.457. The number of ether oxygens (including phenoxy) is 4. The predicted molar refractivity (Wildman–Crippen MR) is 175 cm³/mol. The Labute approximate surface area is 308 Å². The van der Waals surface area contributed by atoms with E-state index in [4.69, 9.17) is 14.2 Å². The van der Waals surface area contributed by atoms with Gasteiger partial charge < -0.3 is 24.3 Å². The molecule has 3 aromatic rings. The van der Waals surface area contributed by atoms with Gasteiger partial charge in [-0.05, 0) is 66.8 Å². The average Bonchev–Trinajstić information content (AvgIpc) is 3.10. The molecule has 0 spiro atoms. The van der Waals surface area contributed by atoms with E-state index in [1.54, 1.807) is 6.92 Å². The van der Waals surface area contributed by atoms with Crippen LogP contribution in [0.25, 0.3) is 0 Å². The zero-order valence-corrected chi connectivity index (χ0v) is 29.5. The molecular weight excluding hydrogens is 759 g/mol. The van der Waals surface area contributed by atoms with Crippen LogP contribution in [0.2, 0.25) is 0 Å². The van der Waals surface area contributed by atoms with Gasteiger partial charge in [-0.25, -0.2) is 14.8 Å². The van der Waals surface area contributed by atoms with Gasteiger partial charge in [-0.2, -0.15) is 39.5 Å². The summed E-state index contributed by atoms with van der Waals surface area (Å²) in [6.07, 6.45) is -15.2. The van der Waals surface area contributed by atoms with E-state index in [0.717, 1.165) is 31.3 Å². The summed E-state index contributed by atoms with van der Waals surface area (Å²) in [6, 6.07) is 2.02. The maximum atomic E-state index is 13.9. The van der Waals surface area contributed by atoms with Crippen LogP contribution in [-0.2, 0) is 48.7 Å². The number of benzene rings is 2.